The van der Waals surface area contributed by atoms with Crippen molar-refractivity contribution >= 4 is 27.5 Å². The summed E-state index contributed by atoms with van der Waals surface area (Å²) in [5, 5.41) is 14.7. The normalized spacial score (nSPS) is 11.9. The van der Waals surface area contributed by atoms with Crippen LogP contribution in [0.5, 0.6) is 0 Å². The van der Waals surface area contributed by atoms with E-state index in [4.69, 9.17) is 5.11 Å². The van der Waals surface area contributed by atoms with E-state index in [1.165, 1.54) is 11.3 Å². The quantitative estimate of drug-likeness (QED) is 0.920. The Balaban J connectivity index is 2.60. The molecule has 0 atom stereocenters. The van der Waals surface area contributed by atoms with Crippen LogP contribution in [0.2, 0.25) is 0 Å². The van der Waals surface area contributed by atoms with Gasteiger partial charge in [-0.05, 0) is 32.3 Å². The molecule has 0 saturated carbocycles. The molecule has 0 aromatic carbocycles. The van der Waals surface area contributed by atoms with Gasteiger partial charge in [0.25, 0.3) is 0 Å². The van der Waals surface area contributed by atoms with Gasteiger partial charge < -0.3 is 5.11 Å². The van der Waals surface area contributed by atoms with Gasteiger partial charge in [-0.2, -0.15) is 5.10 Å². The third-order valence-corrected chi connectivity index (χ3v) is 3.87. The van der Waals surface area contributed by atoms with E-state index in [2.05, 4.69) is 32.8 Å². The zero-order chi connectivity index (χ0) is 13.4. The molecule has 0 bridgehead atoms. The van der Waals surface area contributed by atoms with Crippen molar-refractivity contribution in [3.05, 3.63) is 16.6 Å². The fraction of sp³-hybridized carbons (Fsp3) is 0.538. The fourth-order valence-electron chi connectivity index (χ4n) is 1.98. The number of thiophene rings is 1. The first-order valence-corrected chi connectivity index (χ1v) is 6.96. The maximum atomic E-state index is 11.1. The van der Waals surface area contributed by atoms with Gasteiger partial charge in [-0.1, -0.05) is 13.8 Å². The molecule has 2 aromatic heterocycles. The van der Waals surface area contributed by atoms with Gasteiger partial charge in [0.05, 0.1) is 5.69 Å². The molecule has 5 heteroatoms. The summed E-state index contributed by atoms with van der Waals surface area (Å²) in [6.45, 7) is 8.41. The lowest BCUT2D eigenvalue weighted by atomic mass is 10.1. The van der Waals surface area contributed by atoms with E-state index in [1.807, 2.05) is 4.68 Å². The van der Waals surface area contributed by atoms with E-state index in [9.17, 15) is 4.79 Å². The number of rotatable bonds is 4. The second-order valence-electron chi connectivity index (χ2n) is 5.22. The lowest BCUT2D eigenvalue weighted by Gasteiger charge is -2.05. The number of aromatic carboxylic acids is 1. The topological polar surface area (TPSA) is 55.1 Å². The van der Waals surface area contributed by atoms with Crippen molar-refractivity contribution in [2.24, 2.45) is 5.92 Å². The van der Waals surface area contributed by atoms with Gasteiger partial charge in [0.1, 0.15) is 9.71 Å². The Morgan fingerprint density at radius 2 is 2.11 bits per heavy atom. The van der Waals surface area contributed by atoms with E-state index < -0.39 is 5.97 Å². The highest BCUT2D eigenvalue weighted by atomic mass is 32.1. The molecule has 0 aliphatic carbocycles. The fourth-order valence-corrected chi connectivity index (χ4v) is 3.08. The van der Waals surface area contributed by atoms with Crippen LogP contribution in [0.15, 0.2) is 6.07 Å². The van der Waals surface area contributed by atoms with E-state index in [-0.39, 0.29) is 6.04 Å². The van der Waals surface area contributed by atoms with E-state index in [0.29, 0.717) is 10.8 Å². The SMILES string of the molecule is CC(C)Cc1nn(C(C)C)c2sc(C(=O)O)cc12. The Kier molecular flexibility index (Phi) is 3.43. The summed E-state index contributed by atoms with van der Waals surface area (Å²) in [6, 6.07) is 2.00. The second kappa shape index (κ2) is 4.72. The lowest BCUT2D eigenvalue weighted by molar-refractivity contribution is 0.0702. The summed E-state index contributed by atoms with van der Waals surface area (Å²) in [6.07, 6.45) is 0.881. The summed E-state index contributed by atoms with van der Waals surface area (Å²) >= 11 is 1.31. The lowest BCUT2D eigenvalue weighted by Crippen LogP contribution is -2.04. The van der Waals surface area contributed by atoms with Crippen molar-refractivity contribution in [1.82, 2.24) is 9.78 Å². The van der Waals surface area contributed by atoms with Crippen molar-refractivity contribution in [3.63, 3.8) is 0 Å². The molecule has 0 saturated heterocycles. The third kappa shape index (κ3) is 2.27. The second-order valence-corrected chi connectivity index (χ2v) is 6.25. The van der Waals surface area contributed by atoms with Crippen molar-refractivity contribution < 1.29 is 9.90 Å². The van der Waals surface area contributed by atoms with E-state index in [1.54, 1.807) is 6.07 Å². The Morgan fingerprint density at radius 3 is 2.61 bits per heavy atom. The summed E-state index contributed by atoms with van der Waals surface area (Å²) < 4.78 is 1.93. The molecule has 1 N–H and O–H groups in total. The first kappa shape index (κ1) is 13.1. The van der Waals surface area contributed by atoms with Crippen molar-refractivity contribution in [2.75, 3.05) is 0 Å². The molecular formula is C13H18N2O2S. The average molecular weight is 266 g/mol. The monoisotopic (exact) mass is 266 g/mol. The molecule has 2 rings (SSSR count). The number of carboxylic acids is 1. The molecule has 0 fully saturated rings. The minimum Gasteiger partial charge on any atom is -0.477 e. The molecule has 0 amide bonds. The highest BCUT2D eigenvalue weighted by Crippen LogP contribution is 2.31. The van der Waals surface area contributed by atoms with Crippen molar-refractivity contribution in [2.45, 2.75) is 40.2 Å². The number of fused-ring (bicyclic) bond motifs is 1. The van der Waals surface area contributed by atoms with Crippen LogP contribution in [-0.4, -0.2) is 20.9 Å². The molecular weight excluding hydrogens is 248 g/mol. The number of hydrogen-bond donors (Lipinski definition) is 1. The third-order valence-electron chi connectivity index (χ3n) is 2.76. The predicted octanol–water partition coefficient (Wildman–Crippen LogP) is 3.58. The maximum absolute atomic E-state index is 11.1. The number of hydrogen-bond acceptors (Lipinski definition) is 3. The van der Waals surface area contributed by atoms with Gasteiger partial charge in [-0.3, -0.25) is 4.68 Å². The largest absolute Gasteiger partial charge is 0.477 e. The number of carboxylic acid groups (broad SMARTS) is 1. The molecule has 0 spiro atoms. The minimum absolute atomic E-state index is 0.244. The molecule has 2 heterocycles. The summed E-state index contributed by atoms with van der Waals surface area (Å²) in [5.74, 6) is -0.348. The van der Waals surface area contributed by atoms with Gasteiger partial charge in [0.15, 0.2) is 0 Å². The van der Waals surface area contributed by atoms with Gasteiger partial charge in [-0.25, -0.2) is 4.79 Å². The van der Waals surface area contributed by atoms with Crippen LogP contribution in [0.1, 0.15) is 49.1 Å². The Bertz CT molecular complexity index is 581. The summed E-state index contributed by atoms with van der Waals surface area (Å²) in [5.41, 5.74) is 1.01. The van der Waals surface area contributed by atoms with E-state index in [0.717, 1.165) is 22.3 Å². The molecule has 98 valence electrons. The van der Waals surface area contributed by atoms with Crippen LogP contribution in [-0.2, 0) is 6.42 Å². The molecule has 0 unspecified atom stereocenters. The van der Waals surface area contributed by atoms with Gasteiger partial charge in [-0.15, -0.1) is 11.3 Å². The first-order valence-electron chi connectivity index (χ1n) is 6.14. The number of aromatic nitrogens is 2. The van der Waals surface area contributed by atoms with Gasteiger partial charge in [0.2, 0.25) is 0 Å². The molecule has 0 radical (unpaired) electrons. The van der Waals surface area contributed by atoms with Crippen LogP contribution in [0.4, 0.5) is 0 Å². The zero-order valence-electron chi connectivity index (χ0n) is 11.1. The van der Waals surface area contributed by atoms with Crippen molar-refractivity contribution in [1.29, 1.82) is 0 Å². The molecule has 4 nitrogen and oxygen atoms in total. The predicted molar refractivity (Wildman–Crippen MR) is 73.5 cm³/mol. The van der Waals surface area contributed by atoms with Crippen LogP contribution < -0.4 is 0 Å². The number of nitrogens with zero attached hydrogens (tertiary/aromatic N) is 2. The average Bonchev–Trinajstić information content (AvgIpc) is 2.77. The molecule has 2 aromatic rings. The van der Waals surface area contributed by atoms with Gasteiger partial charge in [0, 0.05) is 11.4 Å². The number of carbonyl (C=O) groups is 1. The van der Waals surface area contributed by atoms with Crippen LogP contribution in [0, 0.1) is 5.92 Å². The summed E-state index contributed by atoms with van der Waals surface area (Å²) in [4.78, 5) is 12.4. The Morgan fingerprint density at radius 1 is 1.44 bits per heavy atom. The Labute approximate surface area is 110 Å². The Hall–Kier alpha value is -1.36. The highest BCUT2D eigenvalue weighted by Gasteiger charge is 2.19. The van der Waals surface area contributed by atoms with Crippen LogP contribution in [0.25, 0.3) is 10.2 Å². The maximum Gasteiger partial charge on any atom is 0.345 e. The smallest absolute Gasteiger partial charge is 0.345 e. The highest BCUT2D eigenvalue weighted by molar-refractivity contribution is 7.20. The molecule has 18 heavy (non-hydrogen) atoms. The van der Waals surface area contributed by atoms with Crippen LogP contribution >= 0.6 is 11.3 Å². The zero-order valence-corrected chi connectivity index (χ0v) is 11.9. The van der Waals surface area contributed by atoms with Crippen LogP contribution in [0.3, 0.4) is 0 Å². The first-order chi connectivity index (χ1) is 8.40. The molecule has 0 aliphatic heterocycles. The van der Waals surface area contributed by atoms with E-state index >= 15 is 0 Å². The van der Waals surface area contributed by atoms with Gasteiger partial charge >= 0.3 is 5.97 Å². The summed E-state index contributed by atoms with van der Waals surface area (Å²) in [7, 11) is 0. The minimum atomic E-state index is -0.859. The van der Waals surface area contributed by atoms with Crippen molar-refractivity contribution in [3.8, 4) is 0 Å². The molecule has 0 aliphatic rings. The standard InChI is InChI=1S/C13H18N2O2S/c1-7(2)5-10-9-6-11(13(16)17)18-12(9)15(14-10)8(3)4/h6-8H,5H2,1-4H3,(H,16,17).